The summed E-state index contributed by atoms with van der Waals surface area (Å²) >= 11 is 0.678. The molecule has 2 aliphatic heterocycles. The van der Waals surface area contributed by atoms with Crippen molar-refractivity contribution in [3.63, 3.8) is 0 Å². The summed E-state index contributed by atoms with van der Waals surface area (Å²) in [5.41, 5.74) is 1.47. The summed E-state index contributed by atoms with van der Waals surface area (Å²) in [6.45, 7) is 2.70. The highest BCUT2D eigenvalue weighted by Crippen LogP contribution is 2.36. The van der Waals surface area contributed by atoms with E-state index in [1.54, 1.807) is 12.1 Å². The maximum Gasteiger partial charge on any atom is 0.295 e. The molecule has 372 valence electrons. The molecular formula is C44H40N12O12S4. The normalized spacial score (nSPS) is 14.4. The van der Waals surface area contributed by atoms with Gasteiger partial charge in [-0.2, -0.15) is 55.2 Å². The van der Waals surface area contributed by atoms with E-state index in [1.165, 1.54) is 30.3 Å². The van der Waals surface area contributed by atoms with Gasteiger partial charge in [0.05, 0.1) is 16.9 Å². The third-order valence-electron chi connectivity index (χ3n) is 11.7. The third-order valence-corrected chi connectivity index (χ3v) is 15.0. The van der Waals surface area contributed by atoms with Crippen molar-refractivity contribution < 1.29 is 53.5 Å². The molecule has 10 rings (SSSR count). The van der Waals surface area contributed by atoms with Gasteiger partial charge in [0.1, 0.15) is 9.79 Å². The first-order valence-electron chi connectivity index (χ1n) is 21.8. The van der Waals surface area contributed by atoms with Crippen LogP contribution in [0.5, 0.6) is 0 Å². The Labute approximate surface area is 414 Å². The van der Waals surface area contributed by atoms with Gasteiger partial charge < -0.3 is 31.1 Å². The van der Waals surface area contributed by atoms with Crippen LogP contribution in [0.4, 0.5) is 58.4 Å². The van der Waals surface area contributed by atoms with Gasteiger partial charge in [-0.05, 0) is 97.1 Å². The summed E-state index contributed by atoms with van der Waals surface area (Å²) in [6, 6.07) is 24.4. The van der Waals surface area contributed by atoms with Crippen LogP contribution in [0, 0.1) is 0 Å². The number of nitrogens with one attached hydrogen (secondary N) is 4. The second kappa shape index (κ2) is 19.5. The highest BCUT2D eigenvalue weighted by Gasteiger charge is 2.24. The molecule has 2 saturated heterocycles. The minimum absolute atomic E-state index is 0.00591. The smallest absolute Gasteiger partial charge is 0.295 e. The van der Waals surface area contributed by atoms with Gasteiger partial charge in [0, 0.05) is 75.4 Å². The van der Waals surface area contributed by atoms with Gasteiger partial charge in [0.25, 0.3) is 30.4 Å². The molecule has 0 unspecified atom stereocenters. The molecule has 72 heavy (non-hydrogen) atoms. The topological polar surface area (TPSA) is 334 Å². The Bertz CT molecular complexity index is 3790. The summed E-state index contributed by atoms with van der Waals surface area (Å²) in [4.78, 5) is 31.1. The maximum atomic E-state index is 12.6. The predicted octanol–water partition coefficient (Wildman–Crippen LogP) is 7.86. The molecule has 28 heteroatoms. The molecule has 8 N–H and O–H groups in total. The number of anilines is 10. The number of aromatic nitrogens is 6. The zero-order valence-corrected chi connectivity index (χ0v) is 40.4. The zero-order valence-electron chi connectivity index (χ0n) is 37.2. The average Bonchev–Trinajstić information content (AvgIpc) is 4.09. The van der Waals surface area contributed by atoms with Crippen molar-refractivity contribution in [3.05, 3.63) is 97.1 Å². The summed E-state index contributed by atoms with van der Waals surface area (Å²) in [5, 5.41) is 27.2. The van der Waals surface area contributed by atoms with Crippen LogP contribution in [-0.2, 0) is 39.7 Å². The molecule has 2 aromatic heterocycles. The molecule has 0 saturated carbocycles. The minimum atomic E-state index is -4.83. The van der Waals surface area contributed by atoms with E-state index in [9.17, 15) is 38.9 Å². The second-order valence-electron chi connectivity index (χ2n) is 16.5. The Morgan fingerprint density at radius 2 is 0.931 bits per heavy atom. The lowest BCUT2D eigenvalue weighted by Gasteiger charge is -2.19. The highest BCUT2D eigenvalue weighted by molar-refractivity contribution is 7.94. The van der Waals surface area contributed by atoms with Crippen molar-refractivity contribution in [1.82, 2.24) is 29.9 Å². The van der Waals surface area contributed by atoms with Gasteiger partial charge in [-0.25, -0.2) is 5.26 Å². The molecular weight excluding hydrogens is 1020 g/mol. The Kier molecular flexibility index (Phi) is 13.1. The van der Waals surface area contributed by atoms with Crippen molar-refractivity contribution in [3.8, 4) is 0 Å². The lowest BCUT2D eigenvalue weighted by molar-refractivity contribution is -0.432. The van der Waals surface area contributed by atoms with Crippen LogP contribution < -0.4 is 31.1 Å². The highest BCUT2D eigenvalue weighted by atomic mass is 32.2. The van der Waals surface area contributed by atoms with Gasteiger partial charge in [-0.15, -0.1) is 4.33 Å². The van der Waals surface area contributed by atoms with Gasteiger partial charge in [0.15, 0.2) is 0 Å². The average molecular weight is 1060 g/mol. The van der Waals surface area contributed by atoms with Crippen LogP contribution in [0.15, 0.2) is 117 Å². The molecule has 0 aliphatic carbocycles. The molecule has 24 nitrogen and oxygen atoms in total. The summed E-state index contributed by atoms with van der Waals surface area (Å²) in [5.74, 6) is 0.993. The number of nitrogens with zero attached hydrogens (tertiary/aromatic N) is 8. The van der Waals surface area contributed by atoms with E-state index < -0.39 is 40.1 Å². The molecule has 2 aliphatic rings. The Hall–Kier alpha value is -7.12. The summed E-state index contributed by atoms with van der Waals surface area (Å²) in [6.07, 6.45) is 3.62. The van der Waals surface area contributed by atoms with E-state index in [1.807, 2.05) is 46.2 Å². The number of rotatable bonds is 16. The summed E-state index contributed by atoms with van der Waals surface area (Å²) < 4.78 is 109. The fourth-order valence-electron chi connectivity index (χ4n) is 8.56. The Balaban J connectivity index is 0.985. The molecule has 0 radical (unpaired) electrons. The molecule has 8 aromatic rings. The largest absolute Gasteiger partial charge is 0.341 e. The Morgan fingerprint density at radius 3 is 1.38 bits per heavy atom. The summed E-state index contributed by atoms with van der Waals surface area (Å²) in [7, 11) is -14.2. The van der Waals surface area contributed by atoms with E-state index in [0.29, 0.717) is 71.8 Å². The predicted molar refractivity (Wildman–Crippen MR) is 268 cm³/mol. The van der Waals surface area contributed by atoms with Crippen LogP contribution >= 0.6 is 12.0 Å². The third kappa shape index (κ3) is 10.6. The van der Waals surface area contributed by atoms with Gasteiger partial charge >= 0.3 is 0 Å². The van der Waals surface area contributed by atoms with Gasteiger partial charge in [-0.3, -0.25) is 13.7 Å². The lowest BCUT2D eigenvalue weighted by Crippen LogP contribution is -2.22. The van der Waals surface area contributed by atoms with E-state index >= 15 is 0 Å². The molecule has 0 spiro atoms. The van der Waals surface area contributed by atoms with Crippen molar-refractivity contribution in [2.75, 3.05) is 57.2 Å². The molecule has 0 amide bonds. The number of benzene rings is 6. The van der Waals surface area contributed by atoms with Crippen molar-refractivity contribution in [2.24, 2.45) is 0 Å². The van der Waals surface area contributed by atoms with Gasteiger partial charge in [-0.1, -0.05) is 41.4 Å². The molecule has 0 bridgehead atoms. The SMILES string of the molecule is O=S(=O)(O)c1ccc2c(S(=O)(=O)O)cc(Nc3nc(Nc4cccc5c(Nc6nc(Nc7cc(S(=O)(=O)O)c8ccc(SOOO)cc8c7)nc(N7CCCC7)n6)cccc45)nc(N4CCCC4)n3)cc2c1. The molecule has 4 heterocycles. The van der Waals surface area contributed by atoms with Crippen LogP contribution in [0.3, 0.4) is 0 Å². The first-order valence-corrected chi connectivity index (χ1v) is 26.9. The van der Waals surface area contributed by atoms with Crippen LogP contribution in [-0.4, -0.2) is 100 Å². The minimum Gasteiger partial charge on any atom is -0.341 e. The van der Waals surface area contributed by atoms with Crippen LogP contribution in [0.2, 0.25) is 0 Å². The molecule has 0 atom stereocenters. The number of hydrogen-bond acceptors (Lipinski definition) is 22. The van der Waals surface area contributed by atoms with E-state index in [-0.39, 0.29) is 56.2 Å². The quantitative estimate of drug-likeness (QED) is 0.0197. The fourth-order valence-corrected chi connectivity index (χ4v) is 11.0. The standard InChI is InChI=1S/C44H40N12O12S4/c57-67-68-69-29-11-13-31-25(21-29)19-27(23-37(31)71(61,62)63)45-39-49-41(53-43(51-39)55-15-1-2-16-55)47-35-9-5-8-34-33(35)7-6-10-36(34)48-42-50-40(52-44(54-42)56-17-3-4-18-56)46-28-20-26-22-30(70(58,59)60)12-14-32(26)38(24-28)72(64,65)66/h5-14,19-24,57H,1-4,15-18H2,(H,58,59,60)(H,61,62,63)(H,64,65,66)(H2,45,47,49,51,53)(H2,46,48,50,52,54). The van der Waals surface area contributed by atoms with Gasteiger partial charge in [0.2, 0.25) is 35.7 Å². The number of fused-ring (bicyclic) bond motifs is 3. The number of hydrogen-bond donors (Lipinski definition) is 8. The van der Waals surface area contributed by atoms with E-state index in [4.69, 9.17) is 15.2 Å². The van der Waals surface area contributed by atoms with Crippen LogP contribution in [0.1, 0.15) is 25.7 Å². The van der Waals surface area contributed by atoms with E-state index in [2.05, 4.69) is 50.6 Å². The molecule has 6 aromatic carbocycles. The van der Waals surface area contributed by atoms with Crippen molar-refractivity contribution >= 4 is 133 Å². The second-order valence-corrected chi connectivity index (χ2v) is 21.5. The van der Waals surface area contributed by atoms with Crippen molar-refractivity contribution in [2.45, 2.75) is 45.3 Å². The first-order chi connectivity index (χ1) is 34.4. The molecule has 2 fully saturated rings. The maximum absolute atomic E-state index is 12.6. The van der Waals surface area contributed by atoms with E-state index in [0.717, 1.165) is 54.7 Å². The first kappa shape index (κ1) is 48.5. The lowest BCUT2D eigenvalue weighted by atomic mass is 10.1. The Morgan fingerprint density at radius 1 is 0.486 bits per heavy atom. The monoisotopic (exact) mass is 1060 g/mol. The van der Waals surface area contributed by atoms with Crippen LogP contribution in [0.25, 0.3) is 32.3 Å². The fraction of sp³-hybridized carbons (Fsp3) is 0.182. The van der Waals surface area contributed by atoms with Crippen molar-refractivity contribution in [1.29, 1.82) is 0 Å². The zero-order chi connectivity index (χ0) is 50.4.